The molecule has 0 fully saturated rings. The Labute approximate surface area is 116 Å². The number of aromatic nitrogens is 3. The molecule has 0 bridgehead atoms. The van der Waals surface area contributed by atoms with Gasteiger partial charge >= 0.3 is 0 Å². The summed E-state index contributed by atoms with van der Waals surface area (Å²) in [6.07, 6.45) is 0.933. The van der Waals surface area contributed by atoms with Gasteiger partial charge in [-0.25, -0.2) is 0 Å². The minimum absolute atomic E-state index is 0.0149. The molecular formula is C13H18N4OS. The number of anilines is 1. The second-order valence-corrected chi connectivity index (χ2v) is 5.27. The van der Waals surface area contributed by atoms with Crippen molar-refractivity contribution in [2.75, 3.05) is 11.9 Å². The quantitative estimate of drug-likeness (QED) is 0.913. The fourth-order valence-corrected chi connectivity index (χ4v) is 2.72. The Balaban J connectivity index is 2.44. The molecule has 102 valence electrons. The predicted molar refractivity (Wildman–Crippen MR) is 78.8 cm³/mol. The number of pyridine rings is 1. The highest BCUT2D eigenvalue weighted by atomic mass is 32.1. The van der Waals surface area contributed by atoms with Crippen LogP contribution >= 0.6 is 11.3 Å². The molecule has 0 aromatic carbocycles. The van der Waals surface area contributed by atoms with Gasteiger partial charge in [0.25, 0.3) is 5.56 Å². The van der Waals surface area contributed by atoms with E-state index in [1.807, 2.05) is 26.0 Å². The summed E-state index contributed by atoms with van der Waals surface area (Å²) >= 11 is 1.41. The molecule has 19 heavy (non-hydrogen) atoms. The highest BCUT2D eigenvalue weighted by molar-refractivity contribution is 7.18. The van der Waals surface area contributed by atoms with Gasteiger partial charge in [0.15, 0.2) is 5.01 Å². The number of rotatable bonds is 5. The highest BCUT2D eigenvalue weighted by Gasteiger charge is 2.12. The molecule has 0 aliphatic rings. The molecule has 2 aromatic heterocycles. The van der Waals surface area contributed by atoms with Crippen molar-refractivity contribution in [3.63, 3.8) is 0 Å². The Kier molecular flexibility index (Phi) is 4.31. The lowest BCUT2D eigenvalue weighted by Gasteiger charge is -2.09. The Hall–Kier alpha value is -1.69. The summed E-state index contributed by atoms with van der Waals surface area (Å²) in [5.41, 5.74) is 1.62. The number of nitrogens with zero attached hydrogens (tertiary/aromatic N) is 3. The number of aryl methyl sites for hydroxylation is 1. The molecule has 1 N–H and O–H groups in total. The Morgan fingerprint density at radius 1 is 1.32 bits per heavy atom. The van der Waals surface area contributed by atoms with Gasteiger partial charge < -0.3 is 9.88 Å². The first-order chi connectivity index (χ1) is 9.17. The minimum Gasteiger partial charge on any atom is -0.360 e. The van der Waals surface area contributed by atoms with E-state index in [1.165, 1.54) is 11.3 Å². The minimum atomic E-state index is 0.0149. The molecule has 0 saturated heterocycles. The molecule has 6 heteroatoms. The lowest BCUT2D eigenvalue weighted by molar-refractivity contribution is 0.636. The van der Waals surface area contributed by atoms with Gasteiger partial charge in [-0.3, -0.25) is 4.79 Å². The summed E-state index contributed by atoms with van der Waals surface area (Å²) < 4.78 is 1.80. The van der Waals surface area contributed by atoms with Crippen LogP contribution in [0.4, 0.5) is 5.13 Å². The second-order valence-electron chi connectivity index (χ2n) is 4.29. The van der Waals surface area contributed by atoms with Crippen LogP contribution in [0.3, 0.4) is 0 Å². The summed E-state index contributed by atoms with van der Waals surface area (Å²) in [6, 6.07) is 3.79. The lowest BCUT2D eigenvalue weighted by Crippen LogP contribution is -2.23. The lowest BCUT2D eigenvalue weighted by atomic mass is 10.2. The van der Waals surface area contributed by atoms with Crippen LogP contribution in [0.1, 0.15) is 26.0 Å². The Bertz CT molecular complexity index is 617. The van der Waals surface area contributed by atoms with Gasteiger partial charge in [0.1, 0.15) is 0 Å². The van der Waals surface area contributed by atoms with Crippen molar-refractivity contribution < 1.29 is 0 Å². The van der Waals surface area contributed by atoms with Gasteiger partial charge in [-0.05, 0) is 32.4 Å². The molecule has 0 amide bonds. The van der Waals surface area contributed by atoms with Crippen molar-refractivity contribution in [2.24, 2.45) is 0 Å². The van der Waals surface area contributed by atoms with E-state index in [0.29, 0.717) is 10.6 Å². The van der Waals surface area contributed by atoms with E-state index in [4.69, 9.17) is 0 Å². The van der Waals surface area contributed by atoms with Crippen LogP contribution in [-0.2, 0) is 6.54 Å². The summed E-state index contributed by atoms with van der Waals surface area (Å²) in [5, 5.41) is 12.6. The van der Waals surface area contributed by atoms with Gasteiger partial charge in [-0.2, -0.15) is 0 Å². The van der Waals surface area contributed by atoms with Gasteiger partial charge in [0.05, 0.1) is 5.56 Å². The van der Waals surface area contributed by atoms with E-state index in [-0.39, 0.29) is 5.56 Å². The maximum atomic E-state index is 12.4. The summed E-state index contributed by atoms with van der Waals surface area (Å²) in [5.74, 6) is 0. The topological polar surface area (TPSA) is 59.8 Å². The molecule has 0 aliphatic heterocycles. The van der Waals surface area contributed by atoms with Crippen LogP contribution in [0.2, 0.25) is 0 Å². The van der Waals surface area contributed by atoms with Crippen molar-refractivity contribution in [1.29, 1.82) is 0 Å². The van der Waals surface area contributed by atoms with E-state index < -0.39 is 0 Å². The van der Waals surface area contributed by atoms with Gasteiger partial charge in [-0.15, -0.1) is 10.2 Å². The molecule has 0 unspecified atom stereocenters. The zero-order chi connectivity index (χ0) is 13.8. The van der Waals surface area contributed by atoms with Crippen molar-refractivity contribution in [2.45, 2.75) is 33.7 Å². The van der Waals surface area contributed by atoms with E-state index in [9.17, 15) is 4.79 Å². The predicted octanol–water partition coefficient (Wildman–Crippen LogP) is 2.52. The largest absolute Gasteiger partial charge is 0.360 e. The van der Waals surface area contributed by atoms with E-state index in [2.05, 4.69) is 22.4 Å². The maximum Gasteiger partial charge on any atom is 0.261 e. The van der Waals surface area contributed by atoms with Crippen LogP contribution in [0.5, 0.6) is 0 Å². The molecule has 0 radical (unpaired) electrons. The summed E-state index contributed by atoms with van der Waals surface area (Å²) in [7, 11) is 0. The normalized spacial score (nSPS) is 10.7. The smallest absolute Gasteiger partial charge is 0.261 e. The van der Waals surface area contributed by atoms with E-state index in [0.717, 1.165) is 30.3 Å². The first-order valence-electron chi connectivity index (χ1n) is 6.45. The van der Waals surface area contributed by atoms with Crippen LogP contribution in [0.15, 0.2) is 16.9 Å². The monoisotopic (exact) mass is 278 g/mol. The maximum absolute atomic E-state index is 12.4. The van der Waals surface area contributed by atoms with Crippen LogP contribution in [-0.4, -0.2) is 21.3 Å². The van der Waals surface area contributed by atoms with Crippen molar-refractivity contribution in [1.82, 2.24) is 14.8 Å². The number of hydrogen-bond donors (Lipinski definition) is 1. The van der Waals surface area contributed by atoms with Crippen LogP contribution in [0, 0.1) is 6.92 Å². The standard InChI is InChI=1S/C13H18N4OS/c1-4-8-17-9(3)6-7-10(12(17)18)11-15-16-13(19-11)14-5-2/h6-7H,4-5,8H2,1-3H3,(H,14,16). The third kappa shape index (κ3) is 2.84. The number of hydrogen-bond acceptors (Lipinski definition) is 5. The average Bonchev–Trinajstić information content (AvgIpc) is 2.83. The molecule has 2 aromatic rings. The summed E-state index contributed by atoms with van der Waals surface area (Å²) in [6.45, 7) is 7.54. The number of nitrogens with one attached hydrogen (secondary N) is 1. The van der Waals surface area contributed by atoms with Crippen molar-refractivity contribution in [3.05, 3.63) is 28.2 Å². The van der Waals surface area contributed by atoms with Crippen LogP contribution in [0.25, 0.3) is 10.6 Å². The zero-order valence-corrected chi connectivity index (χ0v) is 12.3. The van der Waals surface area contributed by atoms with E-state index in [1.54, 1.807) is 4.57 Å². The fraction of sp³-hybridized carbons (Fsp3) is 0.462. The second kappa shape index (κ2) is 5.97. The first-order valence-corrected chi connectivity index (χ1v) is 7.27. The fourth-order valence-electron chi connectivity index (χ4n) is 1.89. The molecular weight excluding hydrogens is 260 g/mol. The molecule has 0 spiro atoms. The van der Waals surface area contributed by atoms with E-state index >= 15 is 0 Å². The van der Waals surface area contributed by atoms with Crippen molar-refractivity contribution in [3.8, 4) is 10.6 Å². The zero-order valence-electron chi connectivity index (χ0n) is 11.4. The van der Waals surface area contributed by atoms with Crippen molar-refractivity contribution >= 4 is 16.5 Å². The molecule has 2 heterocycles. The molecule has 5 nitrogen and oxygen atoms in total. The third-order valence-corrected chi connectivity index (χ3v) is 3.74. The van der Waals surface area contributed by atoms with Gasteiger partial charge in [0, 0.05) is 18.8 Å². The third-order valence-electron chi connectivity index (χ3n) is 2.82. The van der Waals surface area contributed by atoms with Gasteiger partial charge in [-0.1, -0.05) is 18.3 Å². The van der Waals surface area contributed by atoms with Crippen LogP contribution < -0.4 is 10.9 Å². The highest BCUT2D eigenvalue weighted by Crippen LogP contribution is 2.23. The first kappa shape index (κ1) is 13.7. The molecule has 0 atom stereocenters. The van der Waals surface area contributed by atoms with Gasteiger partial charge in [0.2, 0.25) is 5.13 Å². The Morgan fingerprint density at radius 2 is 2.11 bits per heavy atom. The SMILES string of the molecule is CCCn1c(C)ccc(-c2nnc(NCC)s2)c1=O. The average molecular weight is 278 g/mol. The molecule has 0 saturated carbocycles. The molecule has 0 aliphatic carbocycles. The Morgan fingerprint density at radius 3 is 2.79 bits per heavy atom. The summed E-state index contributed by atoms with van der Waals surface area (Å²) in [4.78, 5) is 12.4. The molecule has 2 rings (SSSR count).